The number of anilines is 1. The summed E-state index contributed by atoms with van der Waals surface area (Å²) in [7, 11) is 0. The average molecular weight is 515 g/mol. The zero-order valence-electron chi connectivity index (χ0n) is 20.6. The van der Waals surface area contributed by atoms with E-state index in [0.29, 0.717) is 22.8 Å². The molecule has 0 aliphatic carbocycles. The number of hydrogen-bond acceptors (Lipinski definition) is 6. The quantitative estimate of drug-likeness (QED) is 0.332. The molecule has 2 N–H and O–H groups in total. The number of benzene rings is 2. The Labute approximate surface area is 210 Å². The lowest BCUT2D eigenvalue weighted by Gasteiger charge is -2.25. The fourth-order valence-electron chi connectivity index (χ4n) is 5.06. The van der Waals surface area contributed by atoms with Crippen LogP contribution in [0.25, 0.3) is 32.9 Å². The third kappa shape index (κ3) is 4.22. The van der Waals surface area contributed by atoms with E-state index >= 15 is 4.39 Å². The first-order chi connectivity index (χ1) is 17.5. The number of aryl methyl sites for hydroxylation is 1. The molecule has 1 fully saturated rings. The Morgan fingerprint density at radius 1 is 1.16 bits per heavy atom. The third-order valence-corrected chi connectivity index (χ3v) is 6.82. The molecular weight excluding hydrogens is 488 g/mol. The van der Waals surface area contributed by atoms with Crippen LogP contribution in [0.5, 0.6) is 5.75 Å². The molecule has 4 aromatic rings. The summed E-state index contributed by atoms with van der Waals surface area (Å²) in [6.07, 6.45) is 1.07. The number of rotatable bonds is 5. The summed E-state index contributed by atoms with van der Waals surface area (Å²) in [6, 6.07) is 4.70. The van der Waals surface area contributed by atoms with Gasteiger partial charge in [0.2, 0.25) is 0 Å². The SMILES string of the molecule is CCc1c(F)ccc2cc(O)cc(-c3ncc4c(N5CC(F)(F)C[C@H]5CO)nc(C(C)C)nc4c3F)c12. The number of halogens is 4. The number of aliphatic hydroxyl groups is 1. The van der Waals surface area contributed by atoms with Gasteiger partial charge in [0.05, 0.1) is 24.6 Å². The van der Waals surface area contributed by atoms with E-state index in [2.05, 4.69) is 15.0 Å². The van der Waals surface area contributed by atoms with Crippen LogP contribution in [0.3, 0.4) is 0 Å². The van der Waals surface area contributed by atoms with Gasteiger partial charge < -0.3 is 15.1 Å². The summed E-state index contributed by atoms with van der Waals surface area (Å²) >= 11 is 0. The number of phenols is 1. The van der Waals surface area contributed by atoms with Gasteiger partial charge in [-0.15, -0.1) is 0 Å². The van der Waals surface area contributed by atoms with Gasteiger partial charge in [0.25, 0.3) is 5.92 Å². The molecule has 10 heteroatoms. The zero-order chi connectivity index (χ0) is 26.6. The molecule has 0 bridgehead atoms. The average Bonchev–Trinajstić information content (AvgIpc) is 3.17. The Kier molecular flexibility index (Phi) is 6.18. The molecule has 0 unspecified atom stereocenters. The summed E-state index contributed by atoms with van der Waals surface area (Å²) in [5, 5.41) is 21.2. The lowest BCUT2D eigenvalue weighted by Crippen LogP contribution is -2.34. The fraction of sp³-hybridized carbons (Fsp3) is 0.370. The second kappa shape index (κ2) is 9.09. The maximum absolute atomic E-state index is 16.2. The Hall–Kier alpha value is -3.53. The summed E-state index contributed by atoms with van der Waals surface area (Å²) in [6.45, 7) is 4.17. The van der Waals surface area contributed by atoms with Crippen LogP contribution < -0.4 is 4.90 Å². The van der Waals surface area contributed by atoms with Gasteiger partial charge in [-0.2, -0.15) is 0 Å². The summed E-state index contributed by atoms with van der Waals surface area (Å²) in [4.78, 5) is 14.5. The van der Waals surface area contributed by atoms with Crippen LogP contribution in [0.4, 0.5) is 23.4 Å². The number of aromatic hydroxyl groups is 1. The predicted octanol–water partition coefficient (Wildman–Crippen LogP) is 5.72. The number of pyridine rings is 1. The zero-order valence-corrected chi connectivity index (χ0v) is 20.6. The van der Waals surface area contributed by atoms with Crippen LogP contribution in [0.2, 0.25) is 0 Å². The standard InChI is InChI=1S/C27H26F4N4O2/c1-4-17-20(28)6-5-14-7-16(37)8-18(21(14)17)23-22(29)24-19(10-32-23)26(34-25(33-24)13(2)3)35-12-27(30,31)9-15(35)11-36/h5-8,10,13,15,36-37H,4,9,11-12H2,1-3H3/t15-/m0/s1. The van der Waals surface area contributed by atoms with Gasteiger partial charge in [-0.3, -0.25) is 4.98 Å². The molecule has 194 valence electrons. The molecule has 1 atom stereocenters. The van der Waals surface area contributed by atoms with Crippen molar-refractivity contribution in [1.29, 1.82) is 0 Å². The highest BCUT2D eigenvalue weighted by Gasteiger charge is 2.46. The molecule has 1 aliphatic rings. The minimum absolute atomic E-state index is 0.0731. The summed E-state index contributed by atoms with van der Waals surface area (Å²) in [5.41, 5.74) is 0.262. The third-order valence-electron chi connectivity index (χ3n) is 6.82. The fourth-order valence-corrected chi connectivity index (χ4v) is 5.06. The number of fused-ring (bicyclic) bond motifs is 2. The Bertz CT molecular complexity index is 1530. The van der Waals surface area contributed by atoms with E-state index in [1.54, 1.807) is 20.8 Å². The molecule has 3 heterocycles. The van der Waals surface area contributed by atoms with Gasteiger partial charge in [0, 0.05) is 24.1 Å². The molecule has 37 heavy (non-hydrogen) atoms. The van der Waals surface area contributed by atoms with Crippen LogP contribution in [-0.4, -0.2) is 50.3 Å². The second-order valence-corrected chi connectivity index (χ2v) is 9.74. The van der Waals surface area contributed by atoms with E-state index in [1.807, 2.05) is 0 Å². The van der Waals surface area contributed by atoms with Gasteiger partial charge in [0.15, 0.2) is 5.82 Å². The molecule has 0 radical (unpaired) electrons. The van der Waals surface area contributed by atoms with E-state index in [4.69, 9.17) is 0 Å². The Morgan fingerprint density at radius 2 is 1.92 bits per heavy atom. The highest BCUT2D eigenvalue weighted by molar-refractivity contribution is 6.01. The van der Waals surface area contributed by atoms with E-state index in [1.165, 1.54) is 35.4 Å². The van der Waals surface area contributed by atoms with Crippen molar-refractivity contribution < 1.29 is 27.8 Å². The van der Waals surface area contributed by atoms with Crippen LogP contribution in [0.1, 0.15) is 44.5 Å². The summed E-state index contributed by atoms with van der Waals surface area (Å²) < 4.78 is 59.5. The van der Waals surface area contributed by atoms with Crippen molar-refractivity contribution in [3.05, 3.63) is 53.5 Å². The number of alkyl halides is 2. The molecule has 6 nitrogen and oxygen atoms in total. The monoisotopic (exact) mass is 514 g/mol. The lowest BCUT2D eigenvalue weighted by atomic mass is 9.94. The van der Waals surface area contributed by atoms with Crippen LogP contribution in [-0.2, 0) is 6.42 Å². The molecule has 0 amide bonds. The van der Waals surface area contributed by atoms with Crippen LogP contribution in [0, 0.1) is 11.6 Å². The molecule has 1 aliphatic heterocycles. The van der Waals surface area contributed by atoms with Crippen molar-refractivity contribution in [3.63, 3.8) is 0 Å². The highest BCUT2D eigenvalue weighted by Crippen LogP contribution is 2.41. The number of nitrogens with zero attached hydrogens (tertiary/aromatic N) is 4. The maximum atomic E-state index is 16.2. The van der Waals surface area contributed by atoms with Crippen LogP contribution >= 0.6 is 0 Å². The predicted molar refractivity (Wildman–Crippen MR) is 133 cm³/mol. The molecule has 1 saturated heterocycles. The lowest BCUT2D eigenvalue weighted by molar-refractivity contribution is 0.0201. The molecule has 5 rings (SSSR count). The summed E-state index contributed by atoms with van der Waals surface area (Å²) in [5.74, 6) is -4.43. The number of hydrogen-bond donors (Lipinski definition) is 2. The Morgan fingerprint density at radius 3 is 2.59 bits per heavy atom. The van der Waals surface area contributed by atoms with E-state index in [0.717, 1.165) is 0 Å². The van der Waals surface area contributed by atoms with E-state index < -0.39 is 43.2 Å². The number of phenolic OH excluding ortho intramolecular Hbond substituents is 1. The topological polar surface area (TPSA) is 82.4 Å². The highest BCUT2D eigenvalue weighted by atomic mass is 19.3. The molecule has 2 aromatic heterocycles. The van der Waals surface area contributed by atoms with Crippen molar-refractivity contribution in [2.45, 2.75) is 51.5 Å². The second-order valence-electron chi connectivity index (χ2n) is 9.74. The number of aliphatic hydroxyl groups excluding tert-OH is 1. The van der Waals surface area contributed by atoms with Gasteiger partial charge in [-0.1, -0.05) is 26.8 Å². The van der Waals surface area contributed by atoms with Gasteiger partial charge in [-0.05, 0) is 41.0 Å². The van der Waals surface area contributed by atoms with Gasteiger partial charge >= 0.3 is 0 Å². The minimum atomic E-state index is -3.05. The molecule has 0 spiro atoms. The van der Waals surface area contributed by atoms with Crippen LogP contribution in [0.15, 0.2) is 30.5 Å². The Balaban J connectivity index is 1.81. The normalized spacial score (nSPS) is 17.4. The smallest absolute Gasteiger partial charge is 0.267 e. The van der Waals surface area contributed by atoms with Crippen molar-refractivity contribution in [1.82, 2.24) is 15.0 Å². The minimum Gasteiger partial charge on any atom is -0.508 e. The maximum Gasteiger partial charge on any atom is 0.267 e. The van der Waals surface area contributed by atoms with Crippen molar-refractivity contribution in [3.8, 4) is 17.0 Å². The largest absolute Gasteiger partial charge is 0.508 e. The van der Waals surface area contributed by atoms with Crippen molar-refractivity contribution >= 4 is 27.5 Å². The molecule has 0 saturated carbocycles. The van der Waals surface area contributed by atoms with E-state index in [9.17, 15) is 23.4 Å². The first-order valence-corrected chi connectivity index (χ1v) is 12.1. The van der Waals surface area contributed by atoms with Crippen molar-refractivity contribution in [2.75, 3.05) is 18.1 Å². The first-order valence-electron chi connectivity index (χ1n) is 12.1. The van der Waals surface area contributed by atoms with Gasteiger partial charge in [-0.25, -0.2) is 27.5 Å². The number of aromatic nitrogens is 3. The molecular formula is C27H26F4N4O2. The van der Waals surface area contributed by atoms with Gasteiger partial charge in [0.1, 0.15) is 34.4 Å². The van der Waals surface area contributed by atoms with Crippen molar-refractivity contribution in [2.24, 2.45) is 0 Å². The molecule has 2 aromatic carbocycles. The van der Waals surface area contributed by atoms with E-state index in [-0.39, 0.29) is 45.5 Å². The first kappa shape index (κ1) is 25.1.